The quantitative estimate of drug-likeness (QED) is 0.670. The second-order valence-electron chi connectivity index (χ2n) is 4.37. The normalized spacial score (nSPS) is 10.1. The number of hydrogen-bond acceptors (Lipinski definition) is 5. The second-order valence-corrected chi connectivity index (χ2v) is 6.08. The fourth-order valence-corrected chi connectivity index (χ4v) is 2.58. The first-order valence-electron chi connectivity index (χ1n) is 6.29. The zero-order valence-electron chi connectivity index (χ0n) is 11.6. The fraction of sp³-hybridized carbons (Fsp3) is 0.133. The Bertz CT molecular complexity index is 726. The molecule has 0 unspecified atom stereocenters. The van der Waals surface area contributed by atoms with Crippen molar-refractivity contribution in [3.05, 3.63) is 51.2 Å². The van der Waals surface area contributed by atoms with Gasteiger partial charge in [-0.15, -0.1) is 11.3 Å². The Morgan fingerprint density at radius 1 is 1.23 bits per heavy atom. The summed E-state index contributed by atoms with van der Waals surface area (Å²) >= 11 is 6.80. The van der Waals surface area contributed by atoms with Crippen LogP contribution in [-0.2, 0) is 9.53 Å². The molecule has 0 saturated carbocycles. The highest BCUT2D eigenvalue weighted by atomic mass is 35.5. The first kappa shape index (κ1) is 16.2. The summed E-state index contributed by atoms with van der Waals surface area (Å²) in [5, 5.41) is 2.56. The van der Waals surface area contributed by atoms with Crippen molar-refractivity contribution in [2.24, 2.45) is 0 Å². The third-order valence-electron chi connectivity index (χ3n) is 2.66. The summed E-state index contributed by atoms with van der Waals surface area (Å²) in [7, 11) is 0. The van der Waals surface area contributed by atoms with Gasteiger partial charge in [-0.1, -0.05) is 23.7 Å². The number of halogens is 1. The number of anilines is 1. The molecule has 114 valence electrons. The molecule has 2 aromatic rings. The van der Waals surface area contributed by atoms with Crippen molar-refractivity contribution in [1.82, 2.24) is 0 Å². The molecule has 0 saturated heterocycles. The van der Waals surface area contributed by atoms with Gasteiger partial charge in [-0.3, -0.25) is 9.59 Å². The number of hydrogen-bond donors (Lipinski definition) is 1. The first-order valence-corrected chi connectivity index (χ1v) is 7.48. The number of ether oxygens (including phenoxy) is 1. The highest BCUT2D eigenvalue weighted by molar-refractivity contribution is 7.17. The van der Waals surface area contributed by atoms with E-state index in [1.54, 1.807) is 30.3 Å². The molecule has 0 spiro atoms. The molecule has 22 heavy (non-hydrogen) atoms. The monoisotopic (exact) mass is 337 g/mol. The number of benzene rings is 1. The molecule has 0 atom stereocenters. The van der Waals surface area contributed by atoms with Crippen LogP contribution in [0.2, 0.25) is 4.34 Å². The van der Waals surface area contributed by atoms with E-state index in [2.05, 4.69) is 5.32 Å². The van der Waals surface area contributed by atoms with E-state index in [0.717, 1.165) is 11.3 Å². The number of esters is 1. The minimum Gasteiger partial charge on any atom is -0.451 e. The minimum absolute atomic E-state index is 0.0999. The number of Topliss-reactive ketones (excluding diaryl/α,β-unsaturated/α-hetero) is 1. The maximum atomic E-state index is 11.7. The van der Waals surface area contributed by atoms with Crippen LogP contribution in [0.5, 0.6) is 0 Å². The Labute approximate surface area is 135 Å². The SMILES string of the molecule is CC(=O)c1cccc(NC(=O)COC(=O)c2ccc(Cl)s2)c1. The number of ketones is 1. The van der Waals surface area contributed by atoms with Gasteiger partial charge in [-0.2, -0.15) is 0 Å². The number of nitrogens with one attached hydrogen (secondary N) is 1. The van der Waals surface area contributed by atoms with Crippen LogP contribution in [0, 0.1) is 0 Å². The molecule has 1 heterocycles. The predicted octanol–water partition coefficient (Wildman–Crippen LogP) is 3.40. The second kappa shape index (κ2) is 7.20. The lowest BCUT2D eigenvalue weighted by atomic mass is 10.1. The van der Waals surface area contributed by atoms with Crippen LogP contribution in [-0.4, -0.2) is 24.3 Å². The van der Waals surface area contributed by atoms with Crippen LogP contribution in [0.3, 0.4) is 0 Å². The summed E-state index contributed by atoms with van der Waals surface area (Å²) in [6.45, 7) is 1.02. The van der Waals surface area contributed by atoms with Crippen molar-refractivity contribution in [2.45, 2.75) is 6.92 Å². The number of carbonyl (C=O) groups is 3. The predicted molar refractivity (Wildman–Crippen MR) is 84.7 cm³/mol. The molecule has 7 heteroatoms. The Kier molecular flexibility index (Phi) is 5.30. The average molecular weight is 338 g/mol. The van der Waals surface area contributed by atoms with Gasteiger partial charge in [0, 0.05) is 11.3 Å². The number of rotatable bonds is 5. The molecule has 1 N–H and O–H groups in total. The Hall–Kier alpha value is -2.18. The van der Waals surface area contributed by atoms with Crippen LogP contribution in [0.1, 0.15) is 27.0 Å². The van der Waals surface area contributed by atoms with Crippen molar-refractivity contribution >= 4 is 46.3 Å². The van der Waals surface area contributed by atoms with Crippen LogP contribution in [0.25, 0.3) is 0 Å². The van der Waals surface area contributed by atoms with Gasteiger partial charge in [0.05, 0.1) is 4.34 Å². The van der Waals surface area contributed by atoms with Crippen molar-refractivity contribution in [3.8, 4) is 0 Å². The van der Waals surface area contributed by atoms with Gasteiger partial charge in [0.25, 0.3) is 5.91 Å². The summed E-state index contributed by atoms with van der Waals surface area (Å²) in [6.07, 6.45) is 0. The molecule has 0 aliphatic rings. The van der Waals surface area contributed by atoms with Crippen LogP contribution < -0.4 is 5.32 Å². The van der Waals surface area contributed by atoms with E-state index >= 15 is 0 Å². The maximum absolute atomic E-state index is 11.7. The lowest BCUT2D eigenvalue weighted by Crippen LogP contribution is -2.20. The largest absolute Gasteiger partial charge is 0.451 e. The molecule has 1 amide bonds. The number of thiophene rings is 1. The molecule has 0 bridgehead atoms. The lowest BCUT2D eigenvalue weighted by molar-refractivity contribution is -0.119. The van der Waals surface area contributed by atoms with E-state index in [-0.39, 0.29) is 5.78 Å². The van der Waals surface area contributed by atoms with Crippen molar-refractivity contribution in [3.63, 3.8) is 0 Å². The summed E-state index contributed by atoms with van der Waals surface area (Å²) < 4.78 is 5.36. The summed E-state index contributed by atoms with van der Waals surface area (Å²) in [4.78, 5) is 35.0. The Morgan fingerprint density at radius 2 is 2.00 bits per heavy atom. The maximum Gasteiger partial charge on any atom is 0.348 e. The fourth-order valence-electron chi connectivity index (χ4n) is 1.64. The highest BCUT2D eigenvalue weighted by Gasteiger charge is 2.12. The van der Waals surface area contributed by atoms with E-state index in [9.17, 15) is 14.4 Å². The number of amides is 1. The minimum atomic E-state index is -0.607. The van der Waals surface area contributed by atoms with E-state index in [0.29, 0.717) is 20.5 Å². The van der Waals surface area contributed by atoms with Gasteiger partial charge >= 0.3 is 5.97 Å². The number of carbonyl (C=O) groups excluding carboxylic acids is 3. The molecule has 0 aliphatic carbocycles. The van der Waals surface area contributed by atoms with Crippen LogP contribution in [0.15, 0.2) is 36.4 Å². The summed E-state index contributed by atoms with van der Waals surface area (Å²) in [6, 6.07) is 9.62. The molecule has 0 radical (unpaired) electrons. The topological polar surface area (TPSA) is 72.5 Å². The average Bonchev–Trinajstić information content (AvgIpc) is 2.91. The summed E-state index contributed by atoms with van der Waals surface area (Å²) in [5.41, 5.74) is 0.955. The molecule has 5 nitrogen and oxygen atoms in total. The smallest absolute Gasteiger partial charge is 0.348 e. The Balaban J connectivity index is 1.89. The van der Waals surface area contributed by atoms with E-state index in [1.807, 2.05) is 0 Å². The van der Waals surface area contributed by atoms with Crippen molar-refractivity contribution in [2.75, 3.05) is 11.9 Å². The van der Waals surface area contributed by atoms with Gasteiger partial charge in [0.15, 0.2) is 12.4 Å². The molecule has 2 rings (SSSR count). The van der Waals surface area contributed by atoms with Gasteiger partial charge in [0.1, 0.15) is 4.88 Å². The van der Waals surface area contributed by atoms with E-state index < -0.39 is 18.5 Å². The van der Waals surface area contributed by atoms with Crippen molar-refractivity contribution in [1.29, 1.82) is 0 Å². The van der Waals surface area contributed by atoms with E-state index in [4.69, 9.17) is 16.3 Å². The zero-order chi connectivity index (χ0) is 16.1. The van der Waals surface area contributed by atoms with Gasteiger partial charge < -0.3 is 10.1 Å². The molecule has 0 fully saturated rings. The molecule has 1 aromatic heterocycles. The van der Waals surface area contributed by atoms with Crippen LogP contribution in [0.4, 0.5) is 5.69 Å². The lowest BCUT2D eigenvalue weighted by Gasteiger charge is -2.06. The zero-order valence-corrected chi connectivity index (χ0v) is 13.2. The van der Waals surface area contributed by atoms with Gasteiger partial charge in [-0.05, 0) is 31.2 Å². The molecular formula is C15H12ClNO4S. The third kappa shape index (κ3) is 4.41. The van der Waals surface area contributed by atoms with Crippen LogP contribution >= 0.6 is 22.9 Å². The molecular weight excluding hydrogens is 326 g/mol. The molecule has 0 aliphatic heterocycles. The molecule has 1 aromatic carbocycles. The standard InChI is InChI=1S/C15H12ClNO4S/c1-9(18)10-3-2-4-11(7-10)17-14(19)8-21-15(20)12-5-6-13(16)22-12/h2-7H,8H2,1H3,(H,17,19). The van der Waals surface area contributed by atoms with Crippen molar-refractivity contribution < 1.29 is 19.1 Å². The van der Waals surface area contributed by atoms with E-state index in [1.165, 1.54) is 13.0 Å². The summed E-state index contributed by atoms with van der Waals surface area (Å²) in [5.74, 6) is -1.20. The Morgan fingerprint density at radius 3 is 2.64 bits per heavy atom. The first-order chi connectivity index (χ1) is 10.5. The van der Waals surface area contributed by atoms with Gasteiger partial charge in [0.2, 0.25) is 0 Å². The third-order valence-corrected chi connectivity index (χ3v) is 3.87. The van der Waals surface area contributed by atoms with Gasteiger partial charge in [-0.25, -0.2) is 4.79 Å². The highest BCUT2D eigenvalue weighted by Crippen LogP contribution is 2.22.